The van der Waals surface area contributed by atoms with Gasteiger partial charge in [-0.2, -0.15) is 0 Å². The zero-order valence-electron chi connectivity index (χ0n) is 10.5. The summed E-state index contributed by atoms with van der Waals surface area (Å²) in [4.78, 5) is 0. The van der Waals surface area contributed by atoms with E-state index in [0.717, 1.165) is 16.1 Å². The van der Waals surface area contributed by atoms with Crippen molar-refractivity contribution < 1.29 is 5.11 Å². The monoisotopic (exact) mass is 295 g/mol. The van der Waals surface area contributed by atoms with Gasteiger partial charge in [0.25, 0.3) is 0 Å². The summed E-state index contributed by atoms with van der Waals surface area (Å²) >= 11 is 11.7. The summed E-state index contributed by atoms with van der Waals surface area (Å²) in [6.07, 6.45) is 0. The standard InChI is InChI=1S/C15H15Cl2NO/c1-10(11-5-7-13(16)8-6-11)18-9-12-3-2-4-14(17)15(12)19/h2-8,10,18-19H,9H2,1H3/t10-/m1/s1. The number of nitrogens with one attached hydrogen (secondary N) is 1. The number of benzene rings is 2. The van der Waals surface area contributed by atoms with E-state index >= 15 is 0 Å². The summed E-state index contributed by atoms with van der Waals surface area (Å²) in [5, 5.41) is 14.3. The second-order valence-corrected chi connectivity index (χ2v) is 5.25. The summed E-state index contributed by atoms with van der Waals surface area (Å²) in [6, 6.07) is 13.2. The van der Waals surface area contributed by atoms with Crippen LogP contribution in [-0.2, 0) is 6.54 Å². The lowest BCUT2D eigenvalue weighted by molar-refractivity contribution is 0.460. The Morgan fingerprint density at radius 3 is 2.47 bits per heavy atom. The number of phenolic OH excluding ortho intramolecular Hbond substituents is 1. The van der Waals surface area contributed by atoms with E-state index in [4.69, 9.17) is 23.2 Å². The Bertz CT molecular complexity index is 555. The van der Waals surface area contributed by atoms with E-state index in [1.165, 1.54) is 0 Å². The molecule has 2 aromatic rings. The van der Waals surface area contributed by atoms with Gasteiger partial charge in [-0.1, -0.05) is 47.5 Å². The molecule has 0 saturated carbocycles. The molecule has 4 heteroatoms. The number of hydrogen-bond donors (Lipinski definition) is 2. The Labute approximate surface area is 123 Å². The van der Waals surface area contributed by atoms with E-state index in [1.807, 2.05) is 36.4 Å². The molecular weight excluding hydrogens is 281 g/mol. The molecule has 0 aliphatic rings. The molecule has 2 N–H and O–H groups in total. The highest BCUT2D eigenvalue weighted by atomic mass is 35.5. The first-order chi connectivity index (χ1) is 9.08. The van der Waals surface area contributed by atoms with E-state index in [9.17, 15) is 5.11 Å². The molecule has 2 aromatic carbocycles. The van der Waals surface area contributed by atoms with Gasteiger partial charge in [0, 0.05) is 23.2 Å². The van der Waals surface area contributed by atoms with Crippen LogP contribution in [-0.4, -0.2) is 5.11 Å². The molecule has 1 atom stereocenters. The van der Waals surface area contributed by atoms with Crippen LogP contribution in [0.15, 0.2) is 42.5 Å². The number of aromatic hydroxyl groups is 1. The van der Waals surface area contributed by atoms with Gasteiger partial charge in [0.05, 0.1) is 5.02 Å². The van der Waals surface area contributed by atoms with Crippen molar-refractivity contribution in [2.45, 2.75) is 19.5 Å². The van der Waals surface area contributed by atoms with Gasteiger partial charge in [-0.15, -0.1) is 0 Å². The Morgan fingerprint density at radius 2 is 1.79 bits per heavy atom. The molecule has 0 heterocycles. The van der Waals surface area contributed by atoms with Crippen molar-refractivity contribution in [3.63, 3.8) is 0 Å². The fourth-order valence-electron chi connectivity index (χ4n) is 1.84. The molecule has 0 spiro atoms. The molecule has 2 rings (SSSR count). The predicted molar refractivity (Wildman–Crippen MR) is 79.8 cm³/mol. The van der Waals surface area contributed by atoms with Crippen molar-refractivity contribution in [1.29, 1.82) is 0 Å². The third-order valence-corrected chi connectivity index (χ3v) is 3.60. The molecule has 19 heavy (non-hydrogen) atoms. The minimum atomic E-state index is 0.139. The predicted octanol–water partition coefficient (Wildman–Crippen LogP) is 4.55. The maximum absolute atomic E-state index is 9.83. The van der Waals surface area contributed by atoms with E-state index < -0.39 is 0 Å². The van der Waals surface area contributed by atoms with Crippen molar-refractivity contribution >= 4 is 23.2 Å². The lowest BCUT2D eigenvalue weighted by atomic mass is 10.1. The zero-order valence-corrected chi connectivity index (χ0v) is 12.0. The molecule has 0 fully saturated rings. The molecule has 0 aliphatic heterocycles. The highest BCUT2D eigenvalue weighted by molar-refractivity contribution is 6.32. The van der Waals surface area contributed by atoms with Crippen LogP contribution < -0.4 is 5.32 Å². The SMILES string of the molecule is C[C@@H](NCc1cccc(Cl)c1O)c1ccc(Cl)cc1. The number of rotatable bonds is 4. The molecule has 0 bridgehead atoms. The quantitative estimate of drug-likeness (QED) is 0.867. The maximum Gasteiger partial charge on any atom is 0.138 e. The molecule has 100 valence electrons. The smallest absolute Gasteiger partial charge is 0.138 e. The van der Waals surface area contributed by atoms with Crippen LogP contribution in [0.3, 0.4) is 0 Å². The van der Waals surface area contributed by atoms with Gasteiger partial charge in [0.1, 0.15) is 5.75 Å². The second kappa shape index (κ2) is 6.29. The summed E-state index contributed by atoms with van der Waals surface area (Å²) in [5.74, 6) is 0.139. The Balaban J connectivity index is 2.02. The highest BCUT2D eigenvalue weighted by Crippen LogP contribution is 2.27. The first-order valence-electron chi connectivity index (χ1n) is 6.03. The van der Waals surface area contributed by atoms with Gasteiger partial charge in [-0.05, 0) is 30.7 Å². The van der Waals surface area contributed by atoms with E-state index in [0.29, 0.717) is 11.6 Å². The van der Waals surface area contributed by atoms with Gasteiger partial charge >= 0.3 is 0 Å². The molecule has 0 unspecified atom stereocenters. The maximum atomic E-state index is 9.83. The van der Waals surface area contributed by atoms with Crippen molar-refractivity contribution in [3.8, 4) is 5.75 Å². The molecule has 0 saturated heterocycles. The lowest BCUT2D eigenvalue weighted by Gasteiger charge is -2.15. The lowest BCUT2D eigenvalue weighted by Crippen LogP contribution is -2.18. The van der Waals surface area contributed by atoms with E-state index in [-0.39, 0.29) is 11.8 Å². The molecular formula is C15H15Cl2NO. The summed E-state index contributed by atoms with van der Waals surface area (Å²) in [5.41, 5.74) is 1.93. The normalized spacial score (nSPS) is 12.4. The molecule has 0 aromatic heterocycles. The fourth-order valence-corrected chi connectivity index (χ4v) is 2.16. The highest BCUT2D eigenvalue weighted by Gasteiger charge is 2.08. The van der Waals surface area contributed by atoms with Crippen LogP contribution in [0, 0.1) is 0 Å². The Morgan fingerprint density at radius 1 is 1.11 bits per heavy atom. The largest absolute Gasteiger partial charge is 0.506 e. The first-order valence-corrected chi connectivity index (χ1v) is 6.78. The summed E-state index contributed by atoms with van der Waals surface area (Å²) in [6.45, 7) is 2.61. The van der Waals surface area contributed by atoms with Crippen LogP contribution >= 0.6 is 23.2 Å². The fraction of sp³-hybridized carbons (Fsp3) is 0.200. The first kappa shape index (κ1) is 14.2. The minimum absolute atomic E-state index is 0.139. The number of para-hydroxylation sites is 1. The van der Waals surface area contributed by atoms with E-state index in [2.05, 4.69) is 12.2 Å². The van der Waals surface area contributed by atoms with Crippen molar-refractivity contribution in [3.05, 3.63) is 63.6 Å². The minimum Gasteiger partial charge on any atom is -0.506 e. The van der Waals surface area contributed by atoms with Crippen molar-refractivity contribution in [2.75, 3.05) is 0 Å². The Hall–Kier alpha value is -1.22. The second-order valence-electron chi connectivity index (χ2n) is 4.40. The van der Waals surface area contributed by atoms with Gasteiger partial charge in [-0.3, -0.25) is 0 Å². The average Bonchev–Trinajstić information content (AvgIpc) is 2.41. The van der Waals surface area contributed by atoms with E-state index in [1.54, 1.807) is 6.07 Å². The van der Waals surface area contributed by atoms with Crippen LogP contribution in [0.2, 0.25) is 10.0 Å². The molecule has 0 aliphatic carbocycles. The van der Waals surface area contributed by atoms with Crippen molar-refractivity contribution in [2.24, 2.45) is 0 Å². The Kier molecular flexibility index (Phi) is 4.70. The summed E-state index contributed by atoms with van der Waals surface area (Å²) in [7, 11) is 0. The van der Waals surface area contributed by atoms with Gasteiger partial charge in [0.15, 0.2) is 0 Å². The van der Waals surface area contributed by atoms with Gasteiger partial charge in [-0.25, -0.2) is 0 Å². The molecule has 0 amide bonds. The molecule has 0 radical (unpaired) electrons. The van der Waals surface area contributed by atoms with Crippen LogP contribution in [0.25, 0.3) is 0 Å². The number of hydrogen-bond acceptors (Lipinski definition) is 2. The van der Waals surface area contributed by atoms with Crippen LogP contribution in [0.5, 0.6) is 5.75 Å². The third kappa shape index (κ3) is 3.63. The average molecular weight is 296 g/mol. The molecule has 2 nitrogen and oxygen atoms in total. The van der Waals surface area contributed by atoms with Crippen molar-refractivity contribution in [1.82, 2.24) is 5.32 Å². The van der Waals surface area contributed by atoms with Crippen LogP contribution in [0.4, 0.5) is 0 Å². The van der Waals surface area contributed by atoms with Gasteiger partial charge < -0.3 is 10.4 Å². The number of halogens is 2. The third-order valence-electron chi connectivity index (χ3n) is 3.04. The number of phenols is 1. The summed E-state index contributed by atoms with van der Waals surface area (Å²) < 4.78 is 0. The van der Waals surface area contributed by atoms with Crippen LogP contribution in [0.1, 0.15) is 24.1 Å². The topological polar surface area (TPSA) is 32.3 Å². The zero-order chi connectivity index (χ0) is 13.8. The van der Waals surface area contributed by atoms with Gasteiger partial charge in [0.2, 0.25) is 0 Å².